The lowest BCUT2D eigenvalue weighted by atomic mass is 10.1. The predicted octanol–water partition coefficient (Wildman–Crippen LogP) is 2.71. The first-order valence-corrected chi connectivity index (χ1v) is 7.90. The van der Waals surface area contributed by atoms with Gasteiger partial charge in [0.2, 0.25) is 0 Å². The van der Waals surface area contributed by atoms with E-state index in [-0.39, 0.29) is 12.2 Å². The van der Waals surface area contributed by atoms with Crippen molar-refractivity contribution in [1.82, 2.24) is 0 Å². The van der Waals surface area contributed by atoms with Crippen LogP contribution in [-0.2, 0) is 9.59 Å². The quantitative estimate of drug-likeness (QED) is 0.618. The van der Waals surface area contributed by atoms with Gasteiger partial charge in [0, 0.05) is 5.69 Å². The fourth-order valence-electron chi connectivity index (χ4n) is 2.38. The molecule has 2 aromatic rings. The van der Waals surface area contributed by atoms with E-state index in [1.165, 1.54) is 6.08 Å². The number of primary amides is 1. The average Bonchev–Trinajstić information content (AvgIpc) is 2.57. The standard InChI is InChI=1S/C20H19N3O3/c1-13-7-14(2)9-17(8-13)23-20(25)16(11-21)10-15-3-5-18(6-4-15)26-12-19(22)24/h3-10H,12H2,1-2H3,(H2,22,24)(H,23,25)/b16-10-. The van der Waals surface area contributed by atoms with E-state index in [1.807, 2.05) is 38.1 Å². The molecule has 0 aliphatic heterocycles. The summed E-state index contributed by atoms with van der Waals surface area (Å²) in [6, 6.07) is 14.2. The van der Waals surface area contributed by atoms with Crippen LogP contribution in [0.1, 0.15) is 16.7 Å². The van der Waals surface area contributed by atoms with Crippen molar-refractivity contribution in [3.63, 3.8) is 0 Å². The molecule has 0 heterocycles. The third kappa shape index (κ3) is 5.49. The first kappa shape index (κ1) is 18.7. The lowest BCUT2D eigenvalue weighted by Crippen LogP contribution is -2.19. The molecule has 2 amide bonds. The van der Waals surface area contributed by atoms with Crippen molar-refractivity contribution in [3.8, 4) is 11.8 Å². The zero-order valence-electron chi connectivity index (χ0n) is 14.6. The van der Waals surface area contributed by atoms with Gasteiger partial charge in [-0.25, -0.2) is 0 Å². The monoisotopic (exact) mass is 349 g/mol. The highest BCUT2D eigenvalue weighted by Crippen LogP contribution is 2.17. The van der Waals surface area contributed by atoms with E-state index in [0.29, 0.717) is 17.0 Å². The van der Waals surface area contributed by atoms with Crippen molar-refractivity contribution in [2.24, 2.45) is 5.73 Å². The van der Waals surface area contributed by atoms with Gasteiger partial charge in [-0.15, -0.1) is 0 Å². The number of carbonyl (C=O) groups is 2. The van der Waals surface area contributed by atoms with Gasteiger partial charge in [0.05, 0.1) is 0 Å². The minimum absolute atomic E-state index is 0.0186. The molecule has 0 aliphatic carbocycles. The SMILES string of the molecule is Cc1cc(C)cc(NC(=O)/C(C#N)=C\c2ccc(OCC(N)=O)cc2)c1. The molecule has 0 radical (unpaired) electrons. The van der Waals surface area contributed by atoms with Gasteiger partial charge in [-0.3, -0.25) is 9.59 Å². The average molecular weight is 349 g/mol. The molecule has 2 rings (SSSR count). The number of rotatable bonds is 6. The Kier molecular flexibility index (Phi) is 6.12. The van der Waals surface area contributed by atoms with Crippen LogP contribution in [0.25, 0.3) is 6.08 Å². The molecule has 26 heavy (non-hydrogen) atoms. The Morgan fingerprint density at radius 1 is 1.15 bits per heavy atom. The summed E-state index contributed by atoms with van der Waals surface area (Å²) < 4.78 is 5.16. The number of nitrogens with one attached hydrogen (secondary N) is 1. The number of aryl methyl sites for hydroxylation is 2. The molecule has 132 valence electrons. The van der Waals surface area contributed by atoms with Gasteiger partial charge < -0.3 is 15.8 Å². The van der Waals surface area contributed by atoms with Crippen molar-refractivity contribution >= 4 is 23.6 Å². The van der Waals surface area contributed by atoms with Gasteiger partial charge in [-0.2, -0.15) is 5.26 Å². The highest BCUT2D eigenvalue weighted by molar-refractivity contribution is 6.09. The summed E-state index contributed by atoms with van der Waals surface area (Å²) in [6.07, 6.45) is 1.48. The summed E-state index contributed by atoms with van der Waals surface area (Å²) in [6.45, 7) is 3.66. The van der Waals surface area contributed by atoms with Gasteiger partial charge in [0.15, 0.2) is 6.61 Å². The zero-order chi connectivity index (χ0) is 19.1. The molecule has 0 saturated carbocycles. The number of benzene rings is 2. The highest BCUT2D eigenvalue weighted by atomic mass is 16.5. The number of ether oxygens (including phenoxy) is 1. The topological polar surface area (TPSA) is 105 Å². The van der Waals surface area contributed by atoms with Crippen LogP contribution in [0.3, 0.4) is 0 Å². The molecule has 6 heteroatoms. The number of nitrogens with zero attached hydrogens (tertiary/aromatic N) is 1. The number of hydrogen-bond donors (Lipinski definition) is 2. The van der Waals surface area contributed by atoms with Crippen LogP contribution in [-0.4, -0.2) is 18.4 Å². The number of nitrogens with two attached hydrogens (primary N) is 1. The van der Waals surface area contributed by atoms with Gasteiger partial charge >= 0.3 is 0 Å². The molecular weight excluding hydrogens is 330 g/mol. The van der Waals surface area contributed by atoms with E-state index < -0.39 is 11.8 Å². The lowest BCUT2D eigenvalue weighted by Gasteiger charge is -2.07. The number of nitriles is 1. The molecule has 0 unspecified atom stereocenters. The Labute approximate surface area is 151 Å². The second-order valence-electron chi connectivity index (χ2n) is 5.82. The van der Waals surface area contributed by atoms with Crippen LogP contribution in [0.5, 0.6) is 5.75 Å². The number of anilines is 1. The highest BCUT2D eigenvalue weighted by Gasteiger charge is 2.10. The fraction of sp³-hybridized carbons (Fsp3) is 0.150. The van der Waals surface area contributed by atoms with Crippen LogP contribution in [0.4, 0.5) is 5.69 Å². The molecule has 0 aliphatic rings. The molecule has 0 atom stereocenters. The Morgan fingerprint density at radius 2 is 1.77 bits per heavy atom. The van der Waals surface area contributed by atoms with Crippen LogP contribution >= 0.6 is 0 Å². The maximum Gasteiger partial charge on any atom is 0.266 e. The largest absolute Gasteiger partial charge is 0.484 e. The van der Waals surface area contributed by atoms with Gasteiger partial charge in [0.1, 0.15) is 17.4 Å². The molecule has 0 spiro atoms. The van der Waals surface area contributed by atoms with Crippen LogP contribution in [0.2, 0.25) is 0 Å². The van der Waals surface area contributed by atoms with E-state index in [0.717, 1.165) is 11.1 Å². The summed E-state index contributed by atoms with van der Waals surface area (Å²) in [5.41, 5.74) is 8.34. The van der Waals surface area contributed by atoms with E-state index in [2.05, 4.69) is 5.32 Å². The Morgan fingerprint density at radius 3 is 2.31 bits per heavy atom. The third-order valence-corrected chi connectivity index (χ3v) is 3.42. The molecule has 0 aromatic heterocycles. The molecule has 2 aromatic carbocycles. The van der Waals surface area contributed by atoms with Crippen molar-refractivity contribution < 1.29 is 14.3 Å². The number of amides is 2. The summed E-state index contributed by atoms with van der Waals surface area (Å²) >= 11 is 0. The van der Waals surface area contributed by atoms with Gasteiger partial charge in [-0.1, -0.05) is 18.2 Å². The molecule has 3 N–H and O–H groups in total. The Hall–Kier alpha value is -3.59. The molecule has 0 bridgehead atoms. The summed E-state index contributed by atoms with van der Waals surface area (Å²) in [4.78, 5) is 23.0. The van der Waals surface area contributed by atoms with Crippen LogP contribution in [0.15, 0.2) is 48.0 Å². The van der Waals surface area contributed by atoms with Crippen molar-refractivity contribution in [3.05, 3.63) is 64.7 Å². The fourth-order valence-corrected chi connectivity index (χ4v) is 2.38. The van der Waals surface area contributed by atoms with Crippen LogP contribution < -0.4 is 15.8 Å². The van der Waals surface area contributed by atoms with E-state index >= 15 is 0 Å². The van der Waals surface area contributed by atoms with E-state index in [1.54, 1.807) is 24.3 Å². The third-order valence-electron chi connectivity index (χ3n) is 3.42. The Bertz CT molecular complexity index is 873. The second-order valence-corrected chi connectivity index (χ2v) is 5.82. The summed E-state index contributed by atoms with van der Waals surface area (Å²) in [5, 5.41) is 12.0. The predicted molar refractivity (Wildman–Crippen MR) is 99.3 cm³/mol. The van der Waals surface area contributed by atoms with Gasteiger partial charge in [-0.05, 0) is 60.9 Å². The first-order chi connectivity index (χ1) is 12.4. The number of hydrogen-bond acceptors (Lipinski definition) is 4. The zero-order valence-corrected chi connectivity index (χ0v) is 14.6. The first-order valence-electron chi connectivity index (χ1n) is 7.90. The van der Waals surface area contributed by atoms with Gasteiger partial charge in [0.25, 0.3) is 11.8 Å². The summed E-state index contributed by atoms with van der Waals surface area (Å²) in [7, 11) is 0. The number of carbonyl (C=O) groups excluding carboxylic acids is 2. The smallest absolute Gasteiger partial charge is 0.266 e. The normalized spacial score (nSPS) is 10.7. The van der Waals surface area contributed by atoms with Crippen molar-refractivity contribution in [2.75, 3.05) is 11.9 Å². The lowest BCUT2D eigenvalue weighted by molar-refractivity contribution is -0.120. The minimum atomic E-state index is -0.566. The Balaban J connectivity index is 2.12. The maximum absolute atomic E-state index is 12.3. The van der Waals surface area contributed by atoms with E-state index in [9.17, 15) is 14.9 Å². The van der Waals surface area contributed by atoms with Crippen molar-refractivity contribution in [1.29, 1.82) is 5.26 Å². The van der Waals surface area contributed by atoms with Crippen molar-refractivity contribution in [2.45, 2.75) is 13.8 Å². The molecule has 6 nitrogen and oxygen atoms in total. The van der Waals surface area contributed by atoms with Crippen LogP contribution in [0, 0.1) is 25.2 Å². The minimum Gasteiger partial charge on any atom is -0.484 e. The van der Waals surface area contributed by atoms with E-state index in [4.69, 9.17) is 10.5 Å². The molecular formula is C20H19N3O3. The second kappa shape index (κ2) is 8.49. The molecule has 0 fully saturated rings. The molecule has 0 saturated heterocycles. The summed E-state index contributed by atoms with van der Waals surface area (Å²) in [5.74, 6) is -0.575. The maximum atomic E-state index is 12.3.